The number of hydrogen-bond acceptors (Lipinski definition) is 3. The zero-order valence-corrected chi connectivity index (χ0v) is 10.5. The molecule has 1 saturated heterocycles. The van der Waals surface area contributed by atoms with Crippen LogP contribution in [0.5, 0.6) is 0 Å². The van der Waals surface area contributed by atoms with Crippen molar-refractivity contribution in [3.8, 4) is 0 Å². The molecular weight excluding hydrogens is 233 g/mol. The average Bonchev–Trinajstić information content (AvgIpc) is 2.51. The van der Waals surface area contributed by atoms with E-state index in [-0.39, 0.29) is 11.7 Å². The second kappa shape index (κ2) is 5.25. The van der Waals surface area contributed by atoms with E-state index in [9.17, 15) is 9.18 Å². The summed E-state index contributed by atoms with van der Waals surface area (Å²) in [7, 11) is 0. The van der Waals surface area contributed by atoms with Crippen LogP contribution >= 0.6 is 0 Å². The number of halogens is 1. The van der Waals surface area contributed by atoms with Crippen LogP contribution in [0.4, 0.5) is 15.8 Å². The van der Waals surface area contributed by atoms with Gasteiger partial charge in [-0.25, -0.2) is 4.39 Å². The van der Waals surface area contributed by atoms with Crippen molar-refractivity contribution in [2.45, 2.75) is 13.3 Å². The van der Waals surface area contributed by atoms with Gasteiger partial charge < -0.3 is 15.5 Å². The Hall–Kier alpha value is -1.78. The Balaban J connectivity index is 2.16. The molecule has 1 aliphatic rings. The molecular formula is C13H18FN3O. The number of anilines is 2. The topological polar surface area (TPSA) is 49.6 Å². The maximum Gasteiger partial charge on any atom is 0.224 e. The van der Waals surface area contributed by atoms with E-state index in [0.29, 0.717) is 44.0 Å². The third-order valence-corrected chi connectivity index (χ3v) is 3.28. The SMILES string of the molecule is CCN1CCN(c2ccc(N)cc2F)CCC1=O. The summed E-state index contributed by atoms with van der Waals surface area (Å²) in [6, 6.07) is 4.68. The smallest absolute Gasteiger partial charge is 0.224 e. The summed E-state index contributed by atoms with van der Waals surface area (Å²) in [4.78, 5) is 15.5. The van der Waals surface area contributed by atoms with Gasteiger partial charge in [-0.3, -0.25) is 4.79 Å². The monoisotopic (exact) mass is 251 g/mol. The van der Waals surface area contributed by atoms with Gasteiger partial charge >= 0.3 is 0 Å². The van der Waals surface area contributed by atoms with Crippen molar-refractivity contribution >= 4 is 17.3 Å². The molecule has 98 valence electrons. The van der Waals surface area contributed by atoms with E-state index in [1.807, 2.05) is 11.8 Å². The summed E-state index contributed by atoms with van der Waals surface area (Å²) in [5, 5.41) is 0. The molecule has 2 N–H and O–H groups in total. The molecule has 0 aromatic heterocycles. The number of nitrogens with zero attached hydrogens (tertiary/aromatic N) is 2. The normalized spacial score (nSPS) is 16.9. The lowest BCUT2D eigenvalue weighted by molar-refractivity contribution is -0.130. The average molecular weight is 251 g/mol. The van der Waals surface area contributed by atoms with Gasteiger partial charge in [-0.2, -0.15) is 0 Å². The number of carbonyl (C=O) groups excluding carboxylic acids is 1. The molecule has 0 aliphatic carbocycles. The summed E-state index contributed by atoms with van der Waals surface area (Å²) >= 11 is 0. The number of nitrogen functional groups attached to an aromatic ring is 1. The first-order chi connectivity index (χ1) is 8.61. The quantitative estimate of drug-likeness (QED) is 0.810. The van der Waals surface area contributed by atoms with Crippen molar-refractivity contribution < 1.29 is 9.18 Å². The Morgan fingerprint density at radius 1 is 1.33 bits per heavy atom. The fourth-order valence-electron chi connectivity index (χ4n) is 2.22. The molecule has 5 heteroatoms. The minimum atomic E-state index is -0.326. The molecule has 1 aliphatic heterocycles. The lowest BCUT2D eigenvalue weighted by Crippen LogP contribution is -2.33. The molecule has 0 unspecified atom stereocenters. The Kier molecular flexibility index (Phi) is 3.69. The first-order valence-electron chi connectivity index (χ1n) is 6.19. The van der Waals surface area contributed by atoms with Crippen molar-refractivity contribution in [1.29, 1.82) is 0 Å². The van der Waals surface area contributed by atoms with Gasteiger partial charge in [-0.1, -0.05) is 0 Å². The van der Waals surface area contributed by atoms with Crippen molar-refractivity contribution in [2.75, 3.05) is 36.8 Å². The van der Waals surface area contributed by atoms with E-state index in [4.69, 9.17) is 5.73 Å². The summed E-state index contributed by atoms with van der Waals surface area (Å²) < 4.78 is 13.8. The molecule has 2 rings (SSSR count). The van der Waals surface area contributed by atoms with E-state index in [1.54, 1.807) is 17.0 Å². The van der Waals surface area contributed by atoms with Gasteiger partial charge in [0.1, 0.15) is 5.82 Å². The maximum atomic E-state index is 13.8. The molecule has 1 fully saturated rings. The summed E-state index contributed by atoms with van der Waals surface area (Å²) in [6.45, 7) is 4.50. The van der Waals surface area contributed by atoms with Gasteiger partial charge in [0.25, 0.3) is 0 Å². The predicted molar refractivity (Wildman–Crippen MR) is 69.9 cm³/mol. The molecule has 18 heavy (non-hydrogen) atoms. The van der Waals surface area contributed by atoms with Crippen LogP contribution in [0.2, 0.25) is 0 Å². The van der Waals surface area contributed by atoms with Crippen LogP contribution in [-0.4, -0.2) is 37.0 Å². The Morgan fingerprint density at radius 2 is 2.11 bits per heavy atom. The second-order valence-corrected chi connectivity index (χ2v) is 4.42. The summed E-state index contributed by atoms with van der Waals surface area (Å²) in [5.74, 6) is -0.191. The lowest BCUT2D eigenvalue weighted by Gasteiger charge is -2.23. The number of benzene rings is 1. The Labute approximate surface area is 106 Å². The zero-order valence-electron chi connectivity index (χ0n) is 10.5. The van der Waals surface area contributed by atoms with Gasteiger partial charge in [0.15, 0.2) is 0 Å². The van der Waals surface area contributed by atoms with Crippen LogP contribution in [0.25, 0.3) is 0 Å². The molecule has 0 saturated carbocycles. The van der Waals surface area contributed by atoms with Crippen LogP contribution in [0.15, 0.2) is 18.2 Å². The number of rotatable bonds is 2. The van der Waals surface area contributed by atoms with Gasteiger partial charge in [0.2, 0.25) is 5.91 Å². The van der Waals surface area contributed by atoms with Crippen molar-refractivity contribution in [2.24, 2.45) is 0 Å². The first kappa shape index (κ1) is 12.7. The fraction of sp³-hybridized carbons (Fsp3) is 0.462. The van der Waals surface area contributed by atoms with E-state index < -0.39 is 0 Å². The second-order valence-electron chi connectivity index (χ2n) is 4.42. The Bertz CT molecular complexity index is 450. The van der Waals surface area contributed by atoms with Crippen LogP contribution in [0.3, 0.4) is 0 Å². The number of amides is 1. The van der Waals surface area contributed by atoms with E-state index in [0.717, 1.165) is 0 Å². The minimum Gasteiger partial charge on any atom is -0.399 e. The van der Waals surface area contributed by atoms with Crippen molar-refractivity contribution in [3.63, 3.8) is 0 Å². The van der Waals surface area contributed by atoms with Crippen LogP contribution < -0.4 is 10.6 Å². The third-order valence-electron chi connectivity index (χ3n) is 3.28. The van der Waals surface area contributed by atoms with Crippen LogP contribution in [0.1, 0.15) is 13.3 Å². The fourth-order valence-corrected chi connectivity index (χ4v) is 2.22. The highest BCUT2D eigenvalue weighted by atomic mass is 19.1. The lowest BCUT2D eigenvalue weighted by atomic mass is 10.2. The number of hydrogen-bond donors (Lipinski definition) is 1. The van der Waals surface area contributed by atoms with E-state index in [1.165, 1.54) is 6.07 Å². The molecule has 4 nitrogen and oxygen atoms in total. The van der Waals surface area contributed by atoms with E-state index in [2.05, 4.69) is 0 Å². The highest BCUT2D eigenvalue weighted by Crippen LogP contribution is 2.22. The molecule has 1 heterocycles. The van der Waals surface area contributed by atoms with E-state index >= 15 is 0 Å². The molecule has 1 amide bonds. The number of carbonyl (C=O) groups is 1. The number of nitrogens with two attached hydrogens (primary N) is 1. The van der Waals surface area contributed by atoms with Crippen LogP contribution in [-0.2, 0) is 4.79 Å². The van der Waals surface area contributed by atoms with Crippen LogP contribution in [0, 0.1) is 5.82 Å². The molecule has 0 spiro atoms. The number of likely N-dealkylation sites (N-methyl/N-ethyl adjacent to an activating group) is 1. The van der Waals surface area contributed by atoms with Gasteiger partial charge in [-0.05, 0) is 25.1 Å². The Morgan fingerprint density at radius 3 is 2.78 bits per heavy atom. The highest BCUT2D eigenvalue weighted by molar-refractivity contribution is 5.77. The highest BCUT2D eigenvalue weighted by Gasteiger charge is 2.21. The molecule has 1 aromatic rings. The zero-order chi connectivity index (χ0) is 13.1. The summed E-state index contributed by atoms with van der Waals surface area (Å²) in [5.41, 5.74) is 6.47. The van der Waals surface area contributed by atoms with Crippen molar-refractivity contribution in [1.82, 2.24) is 4.90 Å². The molecule has 0 radical (unpaired) electrons. The van der Waals surface area contributed by atoms with Crippen molar-refractivity contribution in [3.05, 3.63) is 24.0 Å². The predicted octanol–water partition coefficient (Wildman–Crippen LogP) is 1.47. The maximum absolute atomic E-state index is 13.8. The molecule has 0 bridgehead atoms. The molecule has 1 aromatic carbocycles. The molecule has 0 atom stereocenters. The van der Waals surface area contributed by atoms with Gasteiger partial charge in [0, 0.05) is 38.3 Å². The van der Waals surface area contributed by atoms with Gasteiger partial charge in [-0.15, -0.1) is 0 Å². The van der Waals surface area contributed by atoms with Gasteiger partial charge in [0.05, 0.1) is 5.69 Å². The standard InChI is InChI=1S/C13H18FN3O/c1-2-16-7-8-17(6-5-13(16)18)12-4-3-10(15)9-11(12)14/h3-4,9H,2,5-8,15H2,1H3. The minimum absolute atomic E-state index is 0.135. The largest absolute Gasteiger partial charge is 0.399 e. The third kappa shape index (κ3) is 2.55. The first-order valence-corrected chi connectivity index (χ1v) is 6.19. The summed E-state index contributed by atoms with van der Waals surface area (Å²) in [6.07, 6.45) is 0.428.